The molecule has 0 aliphatic rings. The Morgan fingerprint density at radius 3 is 2.61 bits per heavy atom. The van der Waals surface area contributed by atoms with Gasteiger partial charge >= 0.3 is 6.16 Å². The second-order valence-corrected chi connectivity index (χ2v) is 4.69. The molecular weight excluding hydrogens is 347 g/mol. The average Bonchev–Trinajstić information content (AvgIpc) is 2.34. The molecule has 94 valence electrons. The first-order valence-electron chi connectivity index (χ1n) is 5.38. The molecule has 0 radical (unpaired) electrons. The zero-order valence-electron chi connectivity index (χ0n) is 9.64. The normalized spacial score (nSPS) is 10.3. The number of ether oxygens (including phenoxy) is 2. The van der Waals surface area contributed by atoms with Crippen LogP contribution in [0.2, 0.25) is 0 Å². The Kier molecular flexibility index (Phi) is 3.90. The van der Waals surface area contributed by atoms with E-state index in [4.69, 9.17) is 14.6 Å². The molecule has 5 heteroatoms. The molecular formula is C13H11IO4. The minimum atomic E-state index is -1.32. The van der Waals surface area contributed by atoms with Crippen LogP contribution in [-0.4, -0.2) is 17.9 Å². The SMILES string of the molecule is CCOc1cc(I)c(OC(=O)O)c2ccccc12. The number of rotatable bonds is 3. The summed E-state index contributed by atoms with van der Waals surface area (Å²) in [6, 6.07) is 9.19. The van der Waals surface area contributed by atoms with Gasteiger partial charge in [0.05, 0.1) is 10.2 Å². The lowest BCUT2D eigenvalue weighted by atomic mass is 10.1. The van der Waals surface area contributed by atoms with E-state index < -0.39 is 6.16 Å². The van der Waals surface area contributed by atoms with E-state index >= 15 is 0 Å². The van der Waals surface area contributed by atoms with Crippen LogP contribution in [0.5, 0.6) is 11.5 Å². The summed E-state index contributed by atoms with van der Waals surface area (Å²) in [7, 11) is 0. The molecule has 0 aliphatic heterocycles. The van der Waals surface area contributed by atoms with E-state index in [2.05, 4.69) is 0 Å². The lowest BCUT2D eigenvalue weighted by Gasteiger charge is -2.12. The van der Waals surface area contributed by atoms with Crippen molar-refractivity contribution < 1.29 is 19.4 Å². The summed E-state index contributed by atoms with van der Waals surface area (Å²) in [5.41, 5.74) is 0. The van der Waals surface area contributed by atoms with Crippen molar-refractivity contribution in [2.75, 3.05) is 6.61 Å². The zero-order chi connectivity index (χ0) is 13.1. The summed E-state index contributed by atoms with van der Waals surface area (Å²) in [5, 5.41) is 10.3. The van der Waals surface area contributed by atoms with Gasteiger partial charge in [-0.15, -0.1) is 0 Å². The molecule has 0 spiro atoms. The van der Waals surface area contributed by atoms with E-state index in [0.29, 0.717) is 15.9 Å². The largest absolute Gasteiger partial charge is 0.511 e. The molecule has 0 aliphatic carbocycles. The predicted octanol–water partition coefficient (Wildman–Crippen LogP) is 3.90. The molecule has 2 rings (SSSR count). The summed E-state index contributed by atoms with van der Waals surface area (Å²) >= 11 is 2.04. The van der Waals surface area contributed by atoms with E-state index in [-0.39, 0.29) is 0 Å². The van der Waals surface area contributed by atoms with Gasteiger partial charge in [0.2, 0.25) is 0 Å². The van der Waals surface area contributed by atoms with Crippen LogP contribution >= 0.6 is 22.6 Å². The Morgan fingerprint density at radius 1 is 1.33 bits per heavy atom. The molecule has 4 nitrogen and oxygen atoms in total. The van der Waals surface area contributed by atoms with Gasteiger partial charge in [-0.3, -0.25) is 0 Å². The number of benzene rings is 2. The van der Waals surface area contributed by atoms with Crippen LogP contribution in [0.4, 0.5) is 4.79 Å². The molecule has 0 saturated heterocycles. The molecule has 0 amide bonds. The van der Waals surface area contributed by atoms with Crippen molar-refractivity contribution in [3.63, 3.8) is 0 Å². The first-order chi connectivity index (χ1) is 8.63. The fraction of sp³-hybridized carbons (Fsp3) is 0.154. The second kappa shape index (κ2) is 5.43. The van der Waals surface area contributed by atoms with Crippen LogP contribution in [0.15, 0.2) is 30.3 Å². The summed E-state index contributed by atoms with van der Waals surface area (Å²) in [6.07, 6.45) is -1.32. The van der Waals surface area contributed by atoms with Gasteiger partial charge in [0.25, 0.3) is 0 Å². The number of hydrogen-bond donors (Lipinski definition) is 1. The maximum atomic E-state index is 10.7. The lowest BCUT2D eigenvalue weighted by Crippen LogP contribution is -2.05. The van der Waals surface area contributed by atoms with Crippen LogP contribution in [0.3, 0.4) is 0 Å². The minimum absolute atomic E-state index is 0.349. The number of halogens is 1. The van der Waals surface area contributed by atoms with Gasteiger partial charge < -0.3 is 14.6 Å². The Morgan fingerprint density at radius 2 is 2.00 bits per heavy atom. The third-order valence-corrected chi connectivity index (χ3v) is 3.20. The van der Waals surface area contributed by atoms with Gasteiger partial charge in [-0.25, -0.2) is 4.79 Å². The molecule has 2 aromatic carbocycles. The number of hydrogen-bond acceptors (Lipinski definition) is 3. The smallest absolute Gasteiger partial charge is 0.493 e. The maximum absolute atomic E-state index is 10.7. The Bertz CT molecular complexity index is 595. The van der Waals surface area contributed by atoms with E-state index in [1.165, 1.54) is 0 Å². The first-order valence-corrected chi connectivity index (χ1v) is 6.46. The van der Waals surface area contributed by atoms with Crippen LogP contribution in [0, 0.1) is 3.57 Å². The van der Waals surface area contributed by atoms with Crippen molar-refractivity contribution in [2.45, 2.75) is 6.92 Å². The van der Waals surface area contributed by atoms with Gasteiger partial charge in [-0.05, 0) is 35.6 Å². The standard InChI is InChI=1S/C13H11IO4/c1-2-17-11-7-10(14)12(18-13(15)16)9-6-4-3-5-8(9)11/h3-7H,2H2,1H3,(H,15,16). The number of carbonyl (C=O) groups is 1. The van der Waals surface area contributed by atoms with Gasteiger partial charge in [-0.1, -0.05) is 24.3 Å². The van der Waals surface area contributed by atoms with Gasteiger partial charge in [0, 0.05) is 10.8 Å². The fourth-order valence-electron chi connectivity index (χ4n) is 1.75. The van der Waals surface area contributed by atoms with Gasteiger partial charge in [0.1, 0.15) is 5.75 Å². The van der Waals surface area contributed by atoms with Crippen LogP contribution in [-0.2, 0) is 0 Å². The van der Waals surface area contributed by atoms with Crippen molar-refractivity contribution in [3.8, 4) is 11.5 Å². The highest BCUT2D eigenvalue weighted by Crippen LogP contribution is 2.37. The summed E-state index contributed by atoms with van der Waals surface area (Å²) in [5.74, 6) is 1.08. The number of carboxylic acid groups (broad SMARTS) is 1. The molecule has 0 heterocycles. The highest BCUT2D eigenvalue weighted by molar-refractivity contribution is 14.1. The molecule has 1 N–H and O–H groups in total. The first kappa shape index (κ1) is 12.9. The van der Waals surface area contributed by atoms with Crippen molar-refractivity contribution in [1.29, 1.82) is 0 Å². The molecule has 2 aromatic rings. The van der Waals surface area contributed by atoms with Gasteiger partial charge in [-0.2, -0.15) is 0 Å². The lowest BCUT2D eigenvalue weighted by molar-refractivity contribution is 0.144. The summed E-state index contributed by atoms with van der Waals surface area (Å²) in [6.45, 7) is 2.46. The number of fused-ring (bicyclic) bond motifs is 1. The Hall–Kier alpha value is -1.50. The van der Waals surface area contributed by atoms with Crippen LogP contribution in [0.25, 0.3) is 10.8 Å². The highest BCUT2D eigenvalue weighted by atomic mass is 127. The van der Waals surface area contributed by atoms with E-state index in [1.807, 2.05) is 53.8 Å². The van der Waals surface area contributed by atoms with Crippen LogP contribution in [0.1, 0.15) is 6.92 Å². The van der Waals surface area contributed by atoms with Crippen molar-refractivity contribution in [3.05, 3.63) is 33.9 Å². The molecule has 18 heavy (non-hydrogen) atoms. The molecule has 0 bridgehead atoms. The topological polar surface area (TPSA) is 55.8 Å². The quantitative estimate of drug-likeness (QED) is 0.514. The maximum Gasteiger partial charge on any atom is 0.511 e. The second-order valence-electron chi connectivity index (χ2n) is 3.53. The van der Waals surface area contributed by atoms with Crippen LogP contribution < -0.4 is 9.47 Å². The Balaban J connectivity index is 2.68. The predicted molar refractivity (Wildman–Crippen MR) is 76.5 cm³/mol. The third-order valence-electron chi connectivity index (χ3n) is 2.40. The van der Waals surface area contributed by atoms with Crippen molar-refractivity contribution in [1.82, 2.24) is 0 Å². The molecule has 0 saturated carbocycles. The molecule has 0 unspecified atom stereocenters. The van der Waals surface area contributed by atoms with Crippen molar-refractivity contribution in [2.24, 2.45) is 0 Å². The third kappa shape index (κ3) is 2.50. The monoisotopic (exact) mass is 358 g/mol. The summed E-state index contributed by atoms with van der Waals surface area (Å²) in [4.78, 5) is 10.7. The highest BCUT2D eigenvalue weighted by Gasteiger charge is 2.14. The Labute approximate surface area is 118 Å². The molecule has 0 atom stereocenters. The van der Waals surface area contributed by atoms with E-state index in [1.54, 1.807) is 6.07 Å². The zero-order valence-corrected chi connectivity index (χ0v) is 11.8. The average molecular weight is 358 g/mol. The van der Waals surface area contributed by atoms with E-state index in [9.17, 15) is 4.79 Å². The van der Waals surface area contributed by atoms with E-state index in [0.717, 1.165) is 16.5 Å². The summed E-state index contributed by atoms with van der Waals surface area (Å²) < 4.78 is 11.1. The molecule has 0 aromatic heterocycles. The fourth-order valence-corrected chi connectivity index (χ4v) is 2.43. The molecule has 0 fully saturated rings. The minimum Gasteiger partial charge on any atom is -0.493 e. The van der Waals surface area contributed by atoms with Crippen molar-refractivity contribution >= 4 is 39.5 Å². The van der Waals surface area contributed by atoms with Gasteiger partial charge in [0.15, 0.2) is 5.75 Å².